The molecule has 14 heavy (non-hydrogen) atoms. The van der Waals surface area contributed by atoms with Crippen LogP contribution in [-0.2, 0) is 14.6 Å². The summed E-state index contributed by atoms with van der Waals surface area (Å²) in [7, 11) is -2.61. The third kappa shape index (κ3) is 3.76. The number of hydrogen-bond acceptors (Lipinski definition) is 6. The van der Waals surface area contributed by atoms with Crippen LogP contribution >= 0.6 is 42.8 Å². The fourth-order valence-electron chi connectivity index (χ4n) is 0.690. The third-order valence-corrected chi connectivity index (χ3v) is 6.05. The first-order chi connectivity index (χ1) is 6.37. The summed E-state index contributed by atoms with van der Waals surface area (Å²) in [6.45, 7) is 0. The van der Waals surface area contributed by atoms with Crippen LogP contribution in [0.25, 0.3) is 0 Å². The summed E-state index contributed by atoms with van der Waals surface area (Å²) in [6.07, 6.45) is 0. The van der Waals surface area contributed by atoms with E-state index in [1.165, 1.54) is 8.93 Å². The van der Waals surface area contributed by atoms with Crippen molar-refractivity contribution in [2.24, 2.45) is 5.73 Å². The van der Waals surface area contributed by atoms with E-state index in [2.05, 4.69) is 12.6 Å². The Balaban J connectivity index is 4.83. The number of thiol groups is 1. The van der Waals surface area contributed by atoms with Gasteiger partial charge < -0.3 is 10.8 Å². The van der Waals surface area contributed by atoms with E-state index in [4.69, 9.17) is 10.8 Å². The lowest BCUT2D eigenvalue weighted by Crippen LogP contribution is -2.44. The van der Waals surface area contributed by atoms with Gasteiger partial charge in [0.1, 0.15) is 5.37 Å². The van der Waals surface area contributed by atoms with Crippen molar-refractivity contribution in [1.29, 1.82) is 0 Å². The molecular weight excluding hydrogens is 361 g/mol. The van der Waals surface area contributed by atoms with Gasteiger partial charge in [0.25, 0.3) is 0 Å². The zero-order valence-electron chi connectivity index (χ0n) is 6.96. The Morgan fingerprint density at radius 1 is 1.64 bits per heavy atom. The highest BCUT2D eigenvalue weighted by Crippen LogP contribution is 2.17. The number of carbonyl (C=O) groups is 1. The van der Waals surface area contributed by atoms with Gasteiger partial charge in [0.15, 0.2) is 15.1 Å². The quantitative estimate of drug-likeness (QED) is 0.454. The van der Waals surface area contributed by atoms with Gasteiger partial charge in [-0.15, -0.1) is 0 Å². The van der Waals surface area contributed by atoms with E-state index in [0.717, 1.165) is 0 Å². The normalized spacial score (nSPS) is 16.2. The van der Waals surface area contributed by atoms with Crippen molar-refractivity contribution in [3.8, 4) is 0 Å². The highest BCUT2D eigenvalue weighted by Gasteiger charge is 2.35. The standard InChI is InChI=1S/C5H10INO4S3/c6-13-2-4(7)14(10,11)3(1-12)5(8)9/h3-4,12H,1-2,7H2,(H,8,9). The molecule has 2 unspecified atom stereocenters. The molecule has 84 valence electrons. The Bertz CT molecular complexity index is 293. The molecule has 0 rings (SSSR count). The largest absolute Gasteiger partial charge is 0.480 e. The number of halogens is 1. The zero-order valence-corrected chi connectivity index (χ0v) is 11.6. The predicted molar refractivity (Wildman–Crippen MR) is 68.7 cm³/mol. The molecule has 5 nitrogen and oxygen atoms in total. The van der Waals surface area contributed by atoms with Gasteiger partial charge in [-0.25, -0.2) is 8.42 Å². The van der Waals surface area contributed by atoms with E-state index in [0.29, 0.717) is 0 Å². The molecule has 0 amide bonds. The first kappa shape index (κ1) is 14.8. The maximum Gasteiger partial charge on any atom is 0.322 e. The van der Waals surface area contributed by atoms with Crippen molar-refractivity contribution in [2.45, 2.75) is 10.6 Å². The minimum absolute atomic E-state index is 0.167. The van der Waals surface area contributed by atoms with Crippen LogP contribution in [0.2, 0.25) is 0 Å². The molecule has 9 heteroatoms. The summed E-state index contributed by atoms with van der Waals surface area (Å²) in [5.41, 5.74) is 5.37. The van der Waals surface area contributed by atoms with Gasteiger partial charge in [0, 0.05) is 11.5 Å². The summed E-state index contributed by atoms with van der Waals surface area (Å²) in [5, 5.41) is 5.96. The van der Waals surface area contributed by atoms with Gasteiger partial charge in [-0.05, 0) is 21.2 Å². The fourth-order valence-corrected chi connectivity index (χ4v) is 5.36. The van der Waals surface area contributed by atoms with Crippen molar-refractivity contribution in [3.05, 3.63) is 0 Å². The molecule has 0 saturated heterocycles. The minimum atomic E-state index is -3.84. The number of nitrogens with two attached hydrogens (primary N) is 1. The molecule has 0 saturated carbocycles. The van der Waals surface area contributed by atoms with Crippen LogP contribution in [0.5, 0.6) is 0 Å². The number of aliphatic carboxylic acids is 1. The highest BCUT2D eigenvalue weighted by atomic mass is 127. The Labute approximate surface area is 104 Å². The summed E-state index contributed by atoms with van der Waals surface area (Å²) < 4.78 is 23.0. The van der Waals surface area contributed by atoms with E-state index in [1.54, 1.807) is 0 Å². The first-order valence-electron chi connectivity index (χ1n) is 3.43. The summed E-state index contributed by atoms with van der Waals surface area (Å²) in [4.78, 5) is 10.6. The number of sulfone groups is 1. The zero-order chi connectivity index (χ0) is 11.4. The lowest BCUT2D eigenvalue weighted by Gasteiger charge is -2.15. The lowest BCUT2D eigenvalue weighted by molar-refractivity contribution is -0.136. The summed E-state index contributed by atoms with van der Waals surface area (Å²) >= 11 is 5.59. The van der Waals surface area contributed by atoms with Crippen LogP contribution in [0.15, 0.2) is 0 Å². The first-order valence-corrected chi connectivity index (χ1v) is 9.20. The third-order valence-electron chi connectivity index (χ3n) is 1.49. The molecular formula is C5H10INO4S3. The molecule has 0 aliphatic heterocycles. The Kier molecular flexibility index (Phi) is 6.78. The van der Waals surface area contributed by atoms with Gasteiger partial charge >= 0.3 is 5.97 Å². The van der Waals surface area contributed by atoms with Crippen LogP contribution in [0.1, 0.15) is 0 Å². The number of carboxylic acid groups (broad SMARTS) is 1. The molecule has 0 fully saturated rings. The van der Waals surface area contributed by atoms with Gasteiger partial charge in [0.05, 0.1) is 0 Å². The van der Waals surface area contributed by atoms with E-state index in [1.807, 2.05) is 21.2 Å². The molecule has 0 aliphatic rings. The summed E-state index contributed by atoms with van der Waals surface area (Å²) in [5.74, 6) is -1.51. The van der Waals surface area contributed by atoms with E-state index < -0.39 is 26.4 Å². The minimum Gasteiger partial charge on any atom is -0.480 e. The smallest absolute Gasteiger partial charge is 0.322 e. The van der Waals surface area contributed by atoms with Crippen LogP contribution in [0, 0.1) is 0 Å². The molecule has 0 bridgehead atoms. The topological polar surface area (TPSA) is 97.5 Å². The van der Waals surface area contributed by atoms with E-state index >= 15 is 0 Å². The highest BCUT2D eigenvalue weighted by molar-refractivity contribution is 14.2. The maximum absolute atomic E-state index is 11.5. The van der Waals surface area contributed by atoms with Crippen molar-refractivity contribution >= 4 is 58.6 Å². The average Bonchev–Trinajstić information content (AvgIpc) is 2.04. The second-order valence-corrected chi connectivity index (χ2v) is 7.55. The molecule has 2 atom stereocenters. The molecule has 0 aromatic carbocycles. The van der Waals surface area contributed by atoms with Crippen LogP contribution in [0.4, 0.5) is 0 Å². The summed E-state index contributed by atoms with van der Waals surface area (Å²) in [6, 6.07) is 0. The number of rotatable bonds is 6. The van der Waals surface area contributed by atoms with Gasteiger partial charge in [-0.1, -0.05) is 8.93 Å². The molecule has 0 heterocycles. The van der Waals surface area contributed by atoms with Crippen molar-refractivity contribution in [2.75, 3.05) is 11.5 Å². The van der Waals surface area contributed by atoms with Crippen LogP contribution < -0.4 is 5.73 Å². The van der Waals surface area contributed by atoms with Gasteiger partial charge in [0.2, 0.25) is 0 Å². The second kappa shape index (κ2) is 6.40. The monoisotopic (exact) mass is 371 g/mol. The van der Waals surface area contributed by atoms with Gasteiger partial charge in [-0.2, -0.15) is 12.6 Å². The molecule has 3 N–H and O–H groups in total. The average molecular weight is 371 g/mol. The van der Waals surface area contributed by atoms with E-state index in [-0.39, 0.29) is 11.5 Å². The van der Waals surface area contributed by atoms with Crippen molar-refractivity contribution in [1.82, 2.24) is 0 Å². The second-order valence-electron chi connectivity index (χ2n) is 2.41. The number of carboxylic acids is 1. The van der Waals surface area contributed by atoms with Crippen molar-refractivity contribution in [3.63, 3.8) is 0 Å². The Morgan fingerprint density at radius 3 is 2.43 bits per heavy atom. The number of hydrogen-bond donors (Lipinski definition) is 3. The van der Waals surface area contributed by atoms with Gasteiger partial charge in [-0.3, -0.25) is 4.79 Å². The maximum atomic E-state index is 11.5. The molecule has 0 aromatic rings. The van der Waals surface area contributed by atoms with Crippen LogP contribution in [0.3, 0.4) is 0 Å². The molecule has 0 spiro atoms. The fraction of sp³-hybridized carbons (Fsp3) is 0.800. The predicted octanol–water partition coefficient (Wildman–Crippen LogP) is 0.152. The molecule has 0 aliphatic carbocycles. The SMILES string of the molecule is NC(CSI)S(=O)(=O)C(CS)C(=O)O. The Hall–Kier alpha value is 0.810. The van der Waals surface area contributed by atoms with Crippen molar-refractivity contribution < 1.29 is 18.3 Å². The van der Waals surface area contributed by atoms with E-state index in [9.17, 15) is 13.2 Å². The Morgan fingerprint density at radius 2 is 2.14 bits per heavy atom. The van der Waals surface area contributed by atoms with Crippen LogP contribution in [-0.4, -0.2) is 41.6 Å². The molecule has 0 radical (unpaired) electrons. The molecule has 0 aromatic heterocycles. The lowest BCUT2D eigenvalue weighted by atomic mass is 10.5.